The zero-order chi connectivity index (χ0) is 15.2. The topological polar surface area (TPSA) is 42.0 Å². The second kappa shape index (κ2) is 7.43. The van der Waals surface area contributed by atoms with Crippen LogP contribution in [0.5, 0.6) is 5.75 Å². The third-order valence-corrected chi connectivity index (χ3v) is 3.77. The summed E-state index contributed by atoms with van der Waals surface area (Å²) < 4.78 is 10.5. The molecule has 1 aliphatic rings. The van der Waals surface area contributed by atoms with E-state index in [0.717, 1.165) is 30.9 Å². The highest BCUT2D eigenvalue weighted by Gasteiger charge is 2.32. The fourth-order valence-electron chi connectivity index (χ4n) is 2.61. The van der Waals surface area contributed by atoms with Gasteiger partial charge in [-0.3, -0.25) is 9.69 Å². The monoisotopic (exact) mass is 292 g/mol. The Labute approximate surface area is 126 Å². The van der Waals surface area contributed by atoms with Gasteiger partial charge in [-0.05, 0) is 31.7 Å². The largest absolute Gasteiger partial charge is 0.497 e. The van der Waals surface area contributed by atoms with E-state index >= 15 is 0 Å². The summed E-state index contributed by atoms with van der Waals surface area (Å²) in [5.41, 5.74) is 1.15. The van der Waals surface area contributed by atoms with E-state index in [-0.39, 0.29) is 12.0 Å². The molecule has 1 fully saturated rings. The fourth-order valence-corrected chi connectivity index (χ4v) is 2.61. The number of carbonyl (C=O) groups is 1. The van der Waals surface area contributed by atoms with E-state index in [4.69, 9.17) is 9.47 Å². The van der Waals surface area contributed by atoms with Crippen LogP contribution in [0.15, 0.2) is 24.3 Å². The molecule has 5 heteroatoms. The van der Waals surface area contributed by atoms with Crippen molar-refractivity contribution >= 4 is 5.97 Å². The number of piperazine rings is 1. The zero-order valence-electron chi connectivity index (χ0n) is 13.0. The summed E-state index contributed by atoms with van der Waals surface area (Å²) in [7, 11) is 3.70. The molecule has 1 unspecified atom stereocenters. The third kappa shape index (κ3) is 4.19. The van der Waals surface area contributed by atoms with E-state index in [9.17, 15) is 4.79 Å². The Hall–Kier alpha value is -1.59. The molecule has 0 bridgehead atoms. The fraction of sp³-hybridized carbons (Fsp3) is 0.562. The molecular formula is C16H24N2O3. The summed E-state index contributed by atoms with van der Waals surface area (Å²) in [6, 6.07) is 7.78. The van der Waals surface area contributed by atoms with Crippen LogP contribution in [0.25, 0.3) is 0 Å². The third-order valence-electron chi connectivity index (χ3n) is 3.77. The number of esters is 1. The van der Waals surface area contributed by atoms with Crippen molar-refractivity contribution in [2.45, 2.75) is 19.5 Å². The molecule has 0 N–H and O–H groups in total. The van der Waals surface area contributed by atoms with Crippen LogP contribution in [-0.4, -0.2) is 62.2 Å². The molecule has 0 saturated carbocycles. The summed E-state index contributed by atoms with van der Waals surface area (Å²) in [6.45, 7) is 5.53. The lowest BCUT2D eigenvalue weighted by Gasteiger charge is -2.38. The van der Waals surface area contributed by atoms with Crippen molar-refractivity contribution < 1.29 is 14.3 Å². The highest BCUT2D eigenvalue weighted by atomic mass is 16.5. The highest BCUT2D eigenvalue weighted by Crippen LogP contribution is 2.18. The molecule has 1 aliphatic heterocycles. The minimum atomic E-state index is -0.199. The van der Waals surface area contributed by atoms with Crippen LogP contribution in [0.2, 0.25) is 0 Å². The van der Waals surface area contributed by atoms with E-state index in [1.807, 2.05) is 32.2 Å². The number of methoxy groups -OCH3 is 1. The first-order chi connectivity index (χ1) is 10.1. The minimum absolute atomic E-state index is 0.132. The first-order valence-electron chi connectivity index (χ1n) is 7.36. The maximum atomic E-state index is 12.2. The Kier molecular flexibility index (Phi) is 5.59. The Balaban J connectivity index is 2.09. The van der Waals surface area contributed by atoms with Crippen LogP contribution in [0.3, 0.4) is 0 Å². The predicted octanol–water partition coefficient (Wildman–Crippen LogP) is 1.37. The molecule has 0 amide bonds. The van der Waals surface area contributed by atoms with Gasteiger partial charge in [-0.1, -0.05) is 12.1 Å². The number of rotatable bonds is 5. The maximum Gasteiger partial charge on any atom is 0.324 e. The molecule has 1 heterocycles. The molecule has 1 aromatic rings. The molecule has 1 saturated heterocycles. The SMILES string of the molecule is CCOC(=O)C1CN(C)CCN1Cc1cccc(OC)c1. The summed E-state index contributed by atoms with van der Waals surface area (Å²) in [5.74, 6) is 0.709. The summed E-state index contributed by atoms with van der Waals surface area (Å²) in [6.07, 6.45) is 0. The Morgan fingerprint density at radius 1 is 1.38 bits per heavy atom. The number of benzene rings is 1. The van der Waals surface area contributed by atoms with Crippen molar-refractivity contribution in [1.29, 1.82) is 0 Å². The Bertz CT molecular complexity index is 478. The van der Waals surface area contributed by atoms with Crippen molar-refractivity contribution in [3.8, 4) is 5.75 Å². The van der Waals surface area contributed by atoms with E-state index < -0.39 is 0 Å². The van der Waals surface area contributed by atoms with E-state index in [0.29, 0.717) is 13.2 Å². The standard InChI is InChI=1S/C16H24N2O3/c1-4-21-16(19)15-12-17(2)8-9-18(15)11-13-6-5-7-14(10-13)20-3/h5-7,10,15H,4,8-9,11-12H2,1-3H3. The van der Waals surface area contributed by atoms with Gasteiger partial charge in [0.05, 0.1) is 13.7 Å². The summed E-state index contributed by atoms with van der Waals surface area (Å²) in [4.78, 5) is 16.5. The molecule has 1 atom stereocenters. The molecule has 0 spiro atoms. The Morgan fingerprint density at radius 2 is 2.19 bits per heavy atom. The van der Waals surface area contributed by atoms with Gasteiger partial charge in [0.15, 0.2) is 0 Å². The van der Waals surface area contributed by atoms with Crippen molar-refractivity contribution in [1.82, 2.24) is 9.80 Å². The molecule has 0 aliphatic carbocycles. The van der Waals surface area contributed by atoms with Crippen molar-refractivity contribution in [3.05, 3.63) is 29.8 Å². The van der Waals surface area contributed by atoms with Crippen LogP contribution < -0.4 is 4.74 Å². The van der Waals surface area contributed by atoms with Gasteiger partial charge in [-0.2, -0.15) is 0 Å². The zero-order valence-corrected chi connectivity index (χ0v) is 13.0. The Morgan fingerprint density at radius 3 is 2.90 bits per heavy atom. The lowest BCUT2D eigenvalue weighted by Crippen LogP contribution is -2.55. The molecule has 2 rings (SSSR count). The molecule has 21 heavy (non-hydrogen) atoms. The highest BCUT2D eigenvalue weighted by molar-refractivity contribution is 5.76. The predicted molar refractivity (Wildman–Crippen MR) is 81.3 cm³/mol. The van der Waals surface area contributed by atoms with Gasteiger partial charge in [-0.25, -0.2) is 0 Å². The average molecular weight is 292 g/mol. The van der Waals surface area contributed by atoms with Gasteiger partial charge in [0.25, 0.3) is 0 Å². The van der Waals surface area contributed by atoms with Gasteiger partial charge in [0.1, 0.15) is 11.8 Å². The normalized spacial score (nSPS) is 20.2. The van der Waals surface area contributed by atoms with E-state index in [2.05, 4.69) is 15.9 Å². The van der Waals surface area contributed by atoms with Crippen molar-refractivity contribution in [2.24, 2.45) is 0 Å². The average Bonchev–Trinajstić information content (AvgIpc) is 2.49. The number of ether oxygens (including phenoxy) is 2. The van der Waals surface area contributed by atoms with Crippen LogP contribution in [-0.2, 0) is 16.1 Å². The number of likely N-dealkylation sites (N-methyl/N-ethyl adjacent to an activating group) is 1. The van der Waals surface area contributed by atoms with E-state index in [1.54, 1.807) is 7.11 Å². The van der Waals surface area contributed by atoms with E-state index in [1.165, 1.54) is 0 Å². The van der Waals surface area contributed by atoms with Gasteiger partial charge >= 0.3 is 5.97 Å². The summed E-state index contributed by atoms with van der Waals surface area (Å²) in [5, 5.41) is 0. The second-order valence-corrected chi connectivity index (χ2v) is 5.35. The van der Waals surface area contributed by atoms with Crippen molar-refractivity contribution in [2.75, 3.05) is 40.4 Å². The molecule has 5 nitrogen and oxygen atoms in total. The van der Waals surface area contributed by atoms with Crippen LogP contribution in [0.1, 0.15) is 12.5 Å². The van der Waals surface area contributed by atoms with Gasteiger partial charge in [0, 0.05) is 26.2 Å². The molecule has 0 aromatic heterocycles. The first-order valence-corrected chi connectivity index (χ1v) is 7.36. The number of carbonyl (C=O) groups excluding carboxylic acids is 1. The minimum Gasteiger partial charge on any atom is -0.497 e. The van der Waals surface area contributed by atoms with Gasteiger partial charge < -0.3 is 14.4 Å². The molecule has 116 valence electrons. The second-order valence-electron chi connectivity index (χ2n) is 5.35. The smallest absolute Gasteiger partial charge is 0.324 e. The van der Waals surface area contributed by atoms with Gasteiger partial charge in [-0.15, -0.1) is 0 Å². The first kappa shape index (κ1) is 15.8. The van der Waals surface area contributed by atoms with Crippen LogP contribution >= 0.6 is 0 Å². The number of nitrogens with zero attached hydrogens (tertiary/aromatic N) is 2. The van der Waals surface area contributed by atoms with Gasteiger partial charge in [0.2, 0.25) is 0 Å². The lowest BCUT2D eigenvalue weighted by atomic mass is 10.1. The molecule has 1 aromatic carbocycles. The van der Waals surface area contributed by atoms with Crippen molar-refractivity contribution in [3.63, 3.8) is 0 Å². The number of hydrogen-bond donors (Lipinski definition) is 0. The maximum absolute atomic E-state index is 12.2. The molecule has 0 radical (unpaired) electrons. The lowest BCUT2D eigenvalue weighted by molar-refractivity contribution is -0.152. The summed E-state index contributed by atoms with van der Waals surface area (Å²) >= 11 is 0. The number of hydrogen-bond acceptors (Lipinski definition) is 5. The quantitative estimate of drug-likeness (QED) is 0.767. The van der Waals surface area contributed by atoms with Crippen LogP contribution in [0.4, 0.5) is 0 Å². The van der Waals surface area contributed by atoms with Crippen LogP contribution in [0, 0.1) is 0 Å². The molecular weight excluding hydrogens is 268 g/mol.